The zero-order valence-corrected chi connectivity index (χ0v) is 9.02. The standard InChI is InChI=1S/C8H11N2O3P/c1-4-3-5(10-14)6(8(11)12)9-7(4)13-2/h3,10H,14H2,1-2H3,(H,11,12). The van der Waals surface area contributed by atoms with Gasteiger partial charge in [0.1, 0.15) is 0 Å². The number of nitrogens with one attached hydrogen (secondary N) is 1. The van der Waals surface area contributed by atoms with Crippen molar-refractivity contribution in [1.29, 1.82) is 0 Å². The van der Waals surface area contributed by atoms with Crippen LogP contribution in [0.4, 0.5) is 5.69 Å². The summed E-state index contributed by atoms with van der Waals surface area (Å²) >= 11 is 0. The summed E-state index contributed by atoms with van der Waals surface area (Å²) in [6.07, 6.45) is 0. The van der Waals surface area contributed by atoms with Gasteiger partial charge in [-0.25, -0.2) is 9.78 Å². The van der Waals surface area contributed by atoms with Gasteiger partial charge in [-0.15, -0.1) is 0 Å². The van der Waals surface area contributed by atoms with Crippen molar-refractivity contribution in [1.82, 2.24) is 4.98 Å². The van der Waals surface area contributed by atoms with Crippen molar-refractivity contribution in [3.05, 3.63) is 17.3 Å². The maximum absolute atomic E-state index is 10.8. The van der Waals surface area contributed by atoms with E-state index in [1.54, 1.807) is 13.0 Å². The maximum Gasteiger partial charge on any atom is 0.356 e. The third-order valence-electron chi connectivity index (χ3n) is 1.72. The molecule has 1 aromatic rings. The molecule has 0 fully saturated rings. The Morgan fingerprint density at radius 1 is 1.71 bits per heavy atom. The summed E-state index contributed by atoms with van der Waals surface area (Å²) in [5.41, 5.74) is 1.17. The number of carboxylic acid groups (broad SMARTS) is 1. The van der Waals surface area contributed by atoms with Crippen LogP contribution in [0.2, 0.25) is 0 Å². The predicted molar refractivity (Wildman–Crippen MR) is 55.8 cm³/mol. The Bertz CT molecular complexity index is 368. The number of nitrogens with zero attached hydrogens (tertiary/aromatic N) is 1. The quantitative estimate of drug-likeness (QED) is 0.742. The van der Waals surface area contributed by atoms with Crippen LogP contribution in [0.15, 0.2) is 6.07 Å². The number of rotatable bonds is 3. The fraction of sp³-hybridized carbons (Fsp3) is 0.250. The second-order valence-electron chi connectivity index (χ2n) is 2.66. The van der Waals surface area contributed by atoms with Gasteiger partial charge in [-0.2, -0.15) is 0 Å². The predicted octanol–water partition coefficient (Wildman–Crippen LogP) is 1.30. The Labute approximate surface area is 83.8 Å². The highest BCUT2D eigenvalue weighted by Gasteiger charge is 2.14. The van der Waals surface area contributed by atoms with Crippen molar-refractivity contribution in [3.8, 4) is 5.88 Å². The van der Waals surface area contributed by atoms with Gasteiger partial charge in [-0.3, -0.25) is 0 Å². The lowest BCUT2D eigenvalue weighted by Crippen LogP contribution is -2.06. The van der Waals surface area contributed by atoms with Crippen LogP contribution < -0.4 is 9.82 Å². The second-order valence-corrected chi connectivity index (χ2v) is 2.95. The van der Waals surface area contributed by atoms with E-state index in [9.17, 15) is 4.79 Å². The van der Waals surface area contributed by atoms with Gasteiger partial charge in [0.25, 0.3) is 0 Å². The Hall–Kier alpha value is -1.35. The van der Waals surface area contributed by atoms with Crippen LogP contribution in [0.3, 0.4) is 0 Å². The van der Waals surface area contributed by atoms with E-state index in [1.165, 1.54) is 7.11 Å². The molecule has 0 bridgehead atoms. The van der Waals surface area contributed by atoms with E-state index in [-0.39, 0.29) is 5.69 Å². The fourth-order valence-electron chi connectivity index (χ4n) is 1.08. The van der Waals surface area contributed by atoms with E-state index in [0.29, 0.717) is 11.6 Å². The van der Waals surface area contributed by atoms with E-state index < -0.39 is 5.97 Å². The summed E-state index contributed by atoms with van der Waals surface area (Å²) in [4.78, 5) is 14.7. The first-order chi connectivity index (χ1) is 6.60. The number of aromatic nitrogens is 1. The van der Waals surface area contributed by atoms with Crippen LogP contribution in [0.1, 0.15) is 16.1 Å². The molecule has 0 aliphatic heterocycles. The van der Waals surface area contributed by atoms with Crippen molar-refractivity contribution in [2.75, 3.05) is 12.2 Å². The number of aromatic carboxylic acids is 1. The number of anilines is 1. The van der Waals surface area contributed by atoms with Crippen molar-refractivity contribution >= 4 is 21.0 Å². The smallest absolute Gasteiger partial charge is 0.356 e. The van der Waals surface area contributed by atoms with E-state index >= 15 is 0 Å². The molecule has 6 heteroatoms. The fourth-order valence-corrected chi connectivity index (χ4v) is 1.30. The molecule has 0 saturated heterocycles. The summed E-state index contributed by atoms with van der Waals surface area (Å²) in [6.45, 7) is 1.79. The molecule has 1 heterocycles. The van der Waals surface area contributed by atoms with Gasteiger partial charge in [0.05, 0.1) is 12.8 Å². The minimum absolute atomic E-state index is 0.0533. The summed E-state index contributed by atoms with van der Waals surface area (Å²) in [5, 5.41) is 11.5. The molecule has 0 saturated carbocycles. The van der Waals surface area contributed by atoms with Gasteiger partial charge in [-0.1, -0.05) is 0 Å². The first kappa shape index (κ1) is 10.7. The Balaban J connectivity index is 3.32. The molecule has 1 unspecified atom stereocenters. The van der Waals surface area contributed by atoms with Crippen LogP contribution in [-0.4, -0.2) is 23.2 Å². The van der Waals surface area contributed by atoms with E-state index in [1.807, 2.05) is 0 Å². The van der Waals surface area contributed by atoms with E-state index in [4.69, 9.17) is 9.84 Å². The Kier molecular flexibility index (Phi) is 3.25. The maximum atomic E-state index is 10.8. The van der Waals surface area contributed by atoms with Crippen LogP contribution in [0, 0.1) is 6.92 Å². The molecule has 1 rings (SSSR count). The molecule has 1 aromatic heterocycles. The van der Waals surface area contributed by atoms with Gasteiger partial charge in [0.15, 0.2) is 5.69 Å². The van der Waals surface area contributed by atoms with Gasteiger partial charge in [-0.05, 0) is 22.4 Å². The average molecular weight is 214 g/mol. The molecule has 0 aromatic carbocycles. The number of methoxy groups -OCH3 is 1. The van der Waals surface area contributed by atoms with Gasteiger partial charge >= 0.3 is 5.97 Å². The average Bonchev–Trinajstić information content (AvgIpc) is 2.16. The van der Waals surface area contributed by atoms with Gasteiger partial charge in [0, 0.05) is 5.56 Å². The molecule has 0 radical (unpaired) electrons. The van der Waals surface area contributed by atoms with E-state index in [2.05, 4.69) is 19.5 Å². The molecule has 0 spiro atoms. The lowest BCUT2D eigenvalue weighted by atomic mass is 10.2. The molecule has 0 aliphatic carbocycles. The van der Waals surface area contributed by atoms with Crippen molar-refractivity contribution in [2.45, 2.75) is 6.92 Å². The molecule has 0 aliphatic rings. The third-order valence-corrected chi connectivity index (χ3v) is 2.03. The number of carbonyl (C=O) groups is 1. The van der Waals surface area contributed by atoms with Crippen molar-refractivity contribution < 1.29 is 14.6 Å². The van der Waals surface area contributed by atoms with Crippen LogP contribution in [0.25, 0.3) is 0 Å². The highest BCUT2D eigenvalue weighted by atomic mass is 31.0. The molecule has 76 valence electrons. The number of aryl methyl sites for hydroxylation is 1. The largest absolute Gasteiger partial charge is 0.481 e. The minimum atomic E-state index is -1.09. The molecule has 0 amide bonds. The van der Waals surface area contributed by atoms with Crippen LogP contribution >= 0.6 is 9.39 Å². The monoisotopic (exact) mass is 214 g/mol. The normalized spacial score (nSPS) is 9.64. The van der Waals surface area contributed by atoms with Gasteiger partial charge < -0.3 is 14.9 Å². The summed E-state index contributed by atoms with van der Waals surface area (Å²) in [5.74, 6) is -0.764. The lowest BCUT2D eigenvalue weighted by molar-refractivity contribution is 0.0691. The highest BCUT2D eigenvalue weighted by molar-refractivity contribution is 7.18. The molecular formula is C8H11N2O3P. The number of ether oxygens (including phenoxy) is 1. The molecule has 2 N–H and O–H groups in total. The highest BCUT2D eigenvalue weighted by Crippen LogP contribution is 2.23. The zero-order chi connectivity index (χ0) is 10.7. The lowest BCUT2D eigenvalue weighted by Gasteiger charge is -2.09. The van der Waals surface area contributed by atoms with E-state index in [0.717, 1.165) is 5.56 Å². The molecule has 1 atom stereocenters. The first-order valence-corrected chi connectivity index (χ1v) is 4.43. The number of carboxylic acids is 1. The zero-order valence-electron chi connectivity index (χ0n) is 7.87. The summed E-state index contributed by atoms with van der Waals surface area (Å²) in [7, 11) is 3.69. The third kappa shape index (κ3) is 1.93. The summed E-state index contributed by atoms with van der Waals surface area (Å²) < 4.78 is 4.93. The number of pyridine rings is 1. The number of hydrogen-bond acceptors (Lipinski definition) is 4. The summed E-state index contributed by atoms with van der Waals surface area (Å²) in [6, 6.07) is 1.67. The molecule has 5 nitrogen and oxygen atoms in total. The minimum Gasteiger partial charge on any atom is -0.481 e. The Morgan fingerprint density at radius 3 is 2.79 bits per heavy atom. The van der Waals surface area contributed by atoms with Crippen molar-refractivity contribution in [2.24, 2.45) is 0 Å². The first-order valence-electron chi connectivity index (χ1n) is 3.85. The topological polar surface area (TPSA) is 71.5 Å². The number of hydrogen-bond donors (Lipinski definition) is 2. The van der Waals surface area contributed by atoms with Crippen molar-refractivity contribution in [3.63, 3.8) is 0 Å². The Morgan fingerprint density at radius 2 is 2.36 bits per heavy atom. The van der Waals surface area contributed by atoms with Crippen LogP contribution in [-0.2, 0) is 0 Å². The van der Waals surface area contributed by atoms with Crippen LogP contribution in [0.5, 0.6) is 5.88 Å². The van der Waals surface area contributed by atoms with Gasteiger partial charge in [0.2, 0.25) is 5.88 Å². The SMILES string of the molecule is COc1nc(C(=O)O)c(NP)cc1C. The molecule has 14 heavy (non-hydrogen) atoms. The molecular weight excluding hydrogens is 203 g/mol. The second kappa shape index (κ2) is 4.24.